The summed E-state index contributed by atoms with van der Waals surface area (Å²) in [6.07, 6.45) is 3.94. The first-order chi connectivity index (χ1) is 7.79. The summed E-state index contributed by atoms with van der Waals surface area (Å²) in [4.78, 5) is 1.41. The van der Waals surface area contributed by atoms with Crippen molar-refractivity contribution in [3.8, 4) is 17.8 Å². The fourth-order valence-corrected chi connectivity index (χ4v) is 1.19. The number of halogens is 1. The van der Waals surface area contributed by atoms with Crippen LogP contribution in [0.15, 0.2) is 12.4 Å². The van der Waals surface area contributed by atoms with E-state index < -0.39 is 0 Å². The monoisotopic (exact) mass is 236 g/mol. The molecule has 0 aliphatic rings. The van der Waals surface area contributed by atoms with Crippen molar-refractivity contribution in [1.29, 1.82) is 0 Å². The lowest BCUT2D eigenvalue weighted by Gasteiger charge is -1.89. The molecule has 0 saturated carbocycles. The van der Waals surface area contributed by atoms with Crippen LogP contribution in [0.1, 0.15) is 13.3 Å². The zero-order valence-electron chi connectivity index (χ0n) is 8.63. The summed E-state index contributed by atoms with van der Waals surface area (Å²) in [5.41, 5.74) is 0. The second kappa shape index (κ2) is 4.77. The molecule has 0 N–H and O–H groups in total. The second-order valence-corrected chi connectivity index (χ2v) is 3.37. The highest BCUT2D eigenvalue weighted by atomic mass is 35.5. The zero-order chi connectivity index (χ0) is 11.4. The summed E-state index contributed by atoms with van der Waals surface area (Å²) in [7, 11) is 0. The van der Waals surface area contributed by atoms with Crippen LogP contribution < -0.4 is 0 Å². The predicted molar refractivity (Wildman–Crippen MR) is 58.0 cm³/mol. The largest absolute Gasteiger partial charge is 0.290 e. The molecule has 0 aromatic carbocycles. The van der Waals surface area contributed by atoms with Crippen LogP contribution in [-0.4, -0.2) is 30.0 Å². The van der Waals surface area contributed by atoms with Gasteiger partial charge < -0.3 is 0 Å². The van der Waals surface area contributed by atoms with Crippen LogP contribution in [0.5, 0.6) is 0 Å². The van der Waals surface area contributed by atoms with E-state index in [1.807, 2.05) is 6.92 Å². The highest BCUT2D eigenvalue weighted by molar-refractivity contribution is 6.30. The van der Waals surface area contributed by atoms with E-state index in [1.165, 1.54) is 15.7 Å². The number of aromatic nitrogens is 6. The van der Waals surface area contributed by atoms with Gasteiger partial charge in [-0.25, -0.2) is 4.68 Å². The topological polar surface area (TPSA) is 61.4 Å². The molecule has 0 bridgehead atoms. The SMILES string of the molecule is CCC#CCn1nnc(-n2cc(Cl)cn2)n1. The molecule has 2 aromatic rings. The summed E-state index contributed by atoms with van der Waals surface area (Å²) in [6.45, 7) is 2.41. The number of hydrogen-bond donors (Lipinski definition) is 0. The Labute approximate surface area is 97.2 Å². The number of rotatable bonds is 2. The molecule has 2 aromatic heterocycles. The van der Waals surface area contributed by atoms with Gasteiger partial charge in [-0.1, -0.05) is 29.5 Å². The molecule has 2 rings (SSSR count). The van der Waals surface area contributed by atoms with Crippen molar-refractivity contribution in [1.82, 2.24) is 30.0 Å². The lowest BCUT2D eigenvalue weighted by molar-refractivity contribution is 0.589. The van der Waals surface area contributed by atoms with Gasteiger partial charge in [0, 0.05) is 6.42 Å². The predicted octanol–water partition coefficient (Wildman–Crippen LogP) is 0.926. The van der Waals surface area contributed by atoms with Gasteiger partial charge in [0.05, 0.1) is 17.4 Å². The van der Waals surface area contributed by atoms with Gasteiger partial charge >= 0.3 is 0 Å². The van der Waals surface area contributed by atoms with Gasteiger partial charge in [-0.15, -0.1) is 11.0 Å². The normalized spacial score (nSPS) is 9.88. The quantitative estimate of drug-likeness (QED) is 0.728. The average molecular weight is 237 g/mol. The fourth-order valence-electron chi connectivity index (χ4n) is 1.06. The Hall–Kier alpha value is -1.87. The minimum absolute atomic E-state index is 0.380. The van der Waals surface area contributed by atoms with Crippen molar-refractivity contribution in [2.45, 2.75) is 19.9 Å². The Kier molecular flexibility index (Phi) is 3.17. The average Bonchev–Trinajstić information content (AvgIpc) is 2.87. The smallest absolute Gasteiger partial charge is 0.202 e. The van der Waals surface area contributed by atoms with Crippen molar-refractivity contribution in [2.75, 3.05) is 0 Å². The maximum atomic E-state index is 5.73. The minimum Gasteiger partial charge on any atom is -0.202 e. The van der Waals surface area contributed by atoms with E-state index in [-0.39, 0.29) is 0 Å². The van der Waals surface area contributed by atoms with Gasteiger partial charge in [-0.05, 0) is 5.21 Å². The van der Waals surface area contributed by atoms with Gasteiger partial charge in [0.15, 0.2) is 0 Å². The molecule has 16 heavy (non-hydrogen) atoms. The van der Waals surface area contributed by atoms with Crippen LogP contribution in [0.3, 0.4) is 0 Å². The van der Waals surface area contributed by atoms with Crippen LogP contribution in [0.2, 0.25) is 5.02 Å². The molecule has 0 saturated heterocycles. The van der Waals surface area contributed by atoms with Gasteiger partial charge in [0.1, 0.15) is 6.54 Å². The van der Waals surface area contributed by atoms with Crippen LogP contribution in [0.25, 0.3) is 5.95 Å². The first kappa shape index (κ1) is 10.6. The van der Waals surface area contributed by atoms with Gasteiger partial charge in [0.2, 0.25) is 0 Å². The lowest BCUT2D eigenvalue weighted by atomic mass is 10.5. The molecule has 0 amide bonds. The Morgan fingerprint density at radius 1 is 1.44 bits per heavy atom. The second-order valence-electron chi connectivity index (χ2n) is 2.93. The number of tetrazole rings is 1. The molecule has 0 unspecified atom stereocenters. The maximum absolute atomic E-state index is 5.73. The molecule has 0 spiro atoms. The third-order valence-electron chi connectivity index (χ3n) is 1.72. The lowest BCUT2D eigenvalue weighted by Crippen LogP contribution is -2.02. The zero-order valence-corrected chi connectivity index (χ0v) is 9.39. The Morgan fingerprint density at radius 3 is 3.00 bits per heavy atom. The molecular weight excluding hydrogens is 228 g/mol. The van der Waals surface area contributed by atoms with Crippen LogP contribution in [0.4, 0.5) is 0 Å². The molecule has 7 heteroatoms. The first-order valence-electron chi connectivity index (χ1n) is 4.73. The van der Waals surface area contributed by atoms with E-state index in [0.29, 0.717) is 17.5 Å². The highest BCUT2D eigenvalue weighted by Gasteiger charge is 2.05. The third-order valence-corrected chi connectivity index (χ3v) is 1.92. The molecule has 82 valence electrons. The van der Waals surface area contributed by atoms with Crippen molar-refractivity contribution < 1.29 is 0 Å². The van der Waals surface area contributed by atoms with Crippen LogP contribution >= 0.6 is 11.6 Å². The third kappa shape index (κ3) is 2.38. The number of nitrogens with zero attached hydrogens (tertiary/aromatic N) is 6. The summed E-state index contributed by atoms with van der Waals surface area (Å²) in [6, 6.07) is 0. The van der Waals surface area contributed by atoms with Crippen molar-refractivity contribution in [3.05, 3.63) is 17.4 Å². The molecule has 6 nitrogen and oxygen atoms in total. The van der Waals surface area contributed by atoms with E-state index in [9.17, 15) is 0 Å². The van der Waals surface area contributed by atoms with E-state index in [4.69, 9.17) is 11.6 Å². The summed E-state index contributed by atoms with van der Waals surface area (Å²) >= 11 is 5.73. The van der Waals surface area contributed by atoms with Crippen molar-refractivity contribution >= 4 is 11.6 Å². The van der Waals surface area contributed by atoms with Gasteiger partial charge in [0.25, 0.3) is 5.95 Å². The van der Waals surface area contributed by atoms with E-state index in [1.54, 1.807) is 6.20 Å². The van der Waals surface area contributed by atoms with E-state index in [0.717, 1.165) is 6.42 Å². The standard InChI is InChI=1S/C9H9ClN6/c1-2-3-4-5-16-13-9(12-14-16)15-7-8(10)6-11-15/h6-7H,2,5H2,1H3. The minimum atomic E-state index is 0.380. The van der Waals surface area contributed by atoms with E-state index >= 15 is 0 Å². The molecule has 0 aliphatic carbocycles. The molecule has 2 heterocycles. The van der Waals surface area contributed by atoms with Crippen molar-refractivity contribution in [2.24, 2.45) is 0 Å². The van der Waals surface area contributed by atoms with Crippen LogP contribution in [0, 0.1) is 11.8 Å². The van der Waals surface area contributed by atoms with Crippen LogP contribution in [-0.2, 0) is 6.54 Å². The maximum Gasteiger partial charge on any atom is 0.290 e. The Bertz CT molecular complexity index is 531. The fraction of sp³-hybridized carbons (Fsp3) is 0.333. The van der Waals surface area contributed by atoms with Gasteiger partial charge in [-0.3, -0.25) is 0 Å². The Balaban J connectivity index is 2.13. The molecule has 0 radical (unpaired) electrons. The number of hydrogen-bond acceptors (Lipinski definition) is 4. The highest BCUT2D eigenvalue weighted by Crippen LogP contribution is 2.06. The van der Waals surface area contributed by atoms with Crippen molar-refractivity contribution in [3.63, 3.8) is 0 Å². The molecule has 0 aliphatic heterocycles. The Morgan fingerprint density at radius 2 is 2.31 bits per heavy atom. The molecule has 0 fully saturated rings. The first-order valence-corrected chi connectivity index (χ1v) is 5.11. The summed E-state index contributed by atoms with van der Waals surface area (Å²) in [5.74, 6) is 6.22. The summed E-state index contributed by atoms with van der Waals surface area (Å²) in [5, 5.41) is 16.3. The summed E-state index contributed by atoms with van der Waals surface area (Å²) < 4.78 is 1.46. The van der Waals surface area contributed by atoms with E-state index in [2.05, 4.69) is 32.4 Å². The molecular formula is C9H9ClN6. The van der Waals surface area contributed by atoms with Gasteiger partial charge in [-0.2, -0.15) is 9.90 Å². The molecule has 0 atom stereocenters.